The van der Waals surface area contributed by atoms with E-state index < -0.39 is 0 Å². The first kappa shape index (κ1) is 16.7. The largest absolute Gasteiger partial charge is 0.383 e. The molecule has 140 valence electrons. The highest BCUT2D eigenvalue weighted by molar-refractivity contribution is 6.02. The van der Waals surface area contributed by atoms with Crippen LogP contribution in [-0.4, -0.2) is 28.3 Å². The number of hydrogen-bond donors (Lipinski definition) is 3. The molecular formula is C21H19N5O2. The van der Waals surface area contributed by atoms with Gasteiger partial charge in [-0.2, -0.15) is 0 Å². The maximum Gasteiger partial charge on any atom is 0.229 e. The van der Waals surface area contributed by atoms with E-state index in [-0.39, 0.29) is 29.6 Å². The fraction of sp³-hybridized carbons (Fsp3) is 0.238. The lowest BCUT2D eigenvalue weighted by atomic mass is 10.0. The van der Waals surface area contributed by atoms with Crippen LogP contribution >= 0.6 is 0 Å². The minimum Gasteiger partial charge on any atom is -0.383 e. The second kappa shape index (κ2) is 6.02. The van der Waals surface area contributed by atoms with E-state index in [0.717, 1.165) is 27.6 Å². The van der Waals surface area contributed by atoms with Crippen molar-refractivity contribution in [2.75, 3.05) is 17.6 Å². The quantitative estimate of drug-likeness (QED) is 0.651. The molecule has 0 radical (unpaired) electrons. The van der Waals surface area contributed by atoms with Crippen LogP contribution in [0.25, 0.3) is 22.0 Å². The standard InChI is InChI=1S/C21H19N5O2/c1-10-4-2-3-5-12(10)15-6-11-7-16(23-8-13(11)19(22)25-15)26-21(28)18-14-9-24-20(27)17(14)18/h2-8,14,17-18H,9H2,1H3,(H2,22,25)(H,24,27)(H,23,26,28)/t14-,17+,18+/m1/s1. The summed E-state index contributed by atoms with van der Waals surface area (Å²) >= 11 is 0. The van der Waals surface area contributed by atoms with Gasteiger partial charge in [-0.25, -0.2) is 9.97 Å². The number of piperidine rings is 1. The van der Waals surface area contributed by atoms with E-state index in [0.29, 0.717) is 18.2 Å². The summed E-state index contributed by atoms with van der Waals surface area (Å²) in [4.78, 5) is 33.0. The number of nitrogens with one attached hydrogen (secondary N) is 2. The summed E-state index contributed by atoms with van der Waals surface area (Å²) in [7, 11) is 0. The lowest BCUT2D eigenvalue weighted by Crippen LogP contribution is -2.27. The van der Waals surface area contributed by atoms with Gasteiger partial charge in [0.25, 0.3) is 0 Å². The molecule has 7 heteroatoms. The Hall–Kier alpha value is -3.48. The highest BCUT2D eigenvalue weighted by Crippen LogP contribution is 2.49. The highest BCUT2D eigenvalue weighted by atomic mass is 16.2. The number of carbonyl (C=O) groups is 2. The fourth-order valence-electron chi connectivity index (χ4n) is 4.13. The number of pyridine rings is 2. The van der Waals surface area contributed by atoms with Gasteiger partial charge in [-0.1, -0.05) is 24.3 Å². The van der Waals surface area contributed by atoms with Crippen LogP contribution in [0, 0.1) is 24.7 Å². The number of nitrogens with two attached hydrogens (primary N) is 1. The third-order valence-corrected chi connectivity index (χ3v) is 5.70. The highest BCUT2D eigenvalue weighted by Gasteiger charge is 2.62. The molecule has 2 aliphatic rings. The molecule has 3 heterocycles. The van der Waals surface area contributed by atoms with Crippen molar-refractivity contribution in [3.63, 3.8) is 0 Å². The average molecular weight is 373 g/mol. The number of nitrogens with zero attached hydrogens (tertiary/aromatic N) is 2. The fourth-order valence-corrected chi connectivity index (χ4v) is 4.13. The van der Waals surface area contributed by atoms with E-state index in [9.17, 15) is 9.59 Å². The van der Waals surface area contributed by atoms with Gasteiger partial charge in [-0.3, -0.25) is 9.59 Å². The van der Waals surface area contributed by atoms with Crippen LogP contribution in [-0.2, 0) is 9.59 Å². The lowest BCUT2D eigenvalue weighted by Gasteiger charge is -2.11. The number of aromatic nitrogens is 2. The van der Waals surface area contributed by atoms with Crippen LogP contribution in [0.15, 0.2) is 42.6 Å². The van der Waals surface area contributed by atoms with Crippen LogP contribution in [0.4, 0.5) is 11.6 Å². The lowest BCUT2D eigenvalue weighted by molar-refractivity contribution is -0.124. The van der Waals surface area contributed by atoms with Gasteiger partial charge in [0.15, 0.2) is 0 Å². The summed E-state index contributed by atoms with van der Waals surface area (Å²) in [6, 6.07) is 11.7. The van der Waals surface area contributed by atoms with E-state index in [2.05, 4.69) is 20.6 Å². The third kappa shape index (κ3) is 2.58. The second-order valence-electron chi connectivity index (χ2n) is 7.45. The third-order valence-electron chi connectivity index (χ3n) is 5.70. The minimum atomic E-state index is -0.253. The van der Waals surface area contributed by atoms with Crippen molar-refractivity contribution in [3.05, 3.63) is 48.2 Å². The molecule has 28 heavy (non-hydrogen) atoms. The van der Waals surface area contributed by atoms with Gasteiger partial charge in [0, 0.05) is 29.6 Å². The van der Waals surface area contributed by atoms with Crippen molar-refractivity contribution < 1.29 is 9.59 Å². The first-order valence-corrected chi connectivity index (χ1v) is 9.24. The van der Waals surface area contributed by atoms with Gasteiger partial charge in [-0.05, 0) is 30.0 Å². The number of carbonyl (C=O) groups excluding carboxylic acids is 2. The topological polar surface area (TPSA) is 110 Å². The minimum absolute atomic E-state index is 0.0293. The Morgan fingerprint density at radius 3 is 2.86 bits per heavy atom. The summed E-state index contributed by atoms with van der Waals surface area (Å²) in [5.41, 5.74) is 9.04. The molecule has 3 aromatic rings. The van der Waals surface area contributed by atoms with Gasteiger partial charge in [-0.15, -0.1) is 0 Å². The first-order valence-electron chi connectivity index (χ1n) is 9.24. The molecule has 5 rings (SSSR count). The number of benzene rings is 1. The molecule has 1 aliphatic heterocycles. The Morgan fingerprint density at radius 2 is 2.11 bits per heavy atom. The molecule has 0 bridgehead atoms. The molecule has 3 atom stereocenters. The molecule has 1 aromatic carbocycles. The van der Waals surface area contributed by atoms with E-state index in [1.165, 1.54) is 0 Å². The Bertz CT molecular complexity index is 1140. The van der Waals surface area contributed by atoms with Gasteiger partial charge < -0.3 is 16.4 Å². The molecule has 1 aliphatic carbocycles. The van der Waals surface area contributed by atoms with Crippen LogP contribution in [0.5, 0.6) is 0 Å². The van der Waals surface area contributed by atoms with E-state index in [4.69, 9.17) is 5.73 Å². The van der Waals surface area contributed by atoms with E-state index in [1.807, 2.05) is 37.3 Å². The molecule has 2 fully saturated rings. The van der Waals surface area contributed by atoms with Crippen molar-refractivity contribution in [2.45, 2.75) is 6.92 Å². The second-order valence-corrected chi connectivity index (χ2v) is 7.45. The molecule has 0 unspecified atom stereocenters. The average Bonchev–Trinajstić information content (AvgIpc) is 3.30. The van der Waals surface area contributed by atoms with Crippen LogP contribution in [0.2, 0.25) is 0 Å². The van der Waals surface area contributed by atoms with Crippen molar-refractivity contribution >= 4 is 34.2 Å². The number of rotatable bonds is 3. The zero-order valence-electron chi connectivity index (χ0n) is 15.3. The number of hydrogen-bond acceptors (Lipinski definition) is 5. The maximum absolute atomic E-state index is 12.5. The summed E-state index contributed by atoms with van der Waals surface area (Å²) in [5.74, 6) is 0.333. The van der Waals surface area contributed by atoms with Crippen molar-refractivity contribution in [3.8, 4) is 11.3 Å². The van der Waals surface area contributed by atoms with Crippen LogP contribution in [0.3, 0.4) is 0 Å². The Kier molecular flexibility index (Phi) is 3.58. The number of amides is 2. The monoisotopic (exact) mass is 373 g/mol. The Morgan fingerprint density at radius 1 is 1.29 bits per heavy atom. The molecule has 0 spiro atoms. The maximum atomic E-state index is 12.5. The molecular weight excluding hydrogens is 354 g/mol. The SMILES string of the molecule is Cc1ccccc1-c1cc2cc(NC(=O)[C@H]3[C@@H]4CNC(=O)[C@@H]43)ncc2c(N)n1. The summed E-state index contributed by atoms with van der Waals surface area (Å²) < 4.78 is 0. The smallest absolute Gasteiger partial charge is 0.229 e. The van der Waals surface area contributed by atoms with E-state index in [1.54, 1.807) is 12.3 Å². The van der Waals surface area contributed by atoms with Crippen molar-refractivity contribution in [2.24, 2.45) is 17.8 Å². The predicted octanol–water partition coefficient (Wildman–Crippen LogP) is 2.12. The Balaban J connectivity index is 1.46. The van der Waals surface area contributed by atoms with Gasteiger partial charge in [0.1, 0.15) is 11.6 Å². The predicted molar refractivity (Wildman–Crippen MR) is 106 cm³/mol. The molecule has 7 nitrogen and oxygen atoms in total. The van der Waals surface area contributed by atoms with Crippen LogP contribution < -0.4 is 16.4 Å². The number of nitrogen functional groups attached to an aromatic ring is 1. The normalized spacial score (nSPS) is 22.6. The molecule has 2 amide bonds. The number of fused-ring (bicyclic) bond motifs is 2. The Labute approximate surface area is 161 Å². The van der Waals surface area contributed by atoms with E-state index >= 15 is 0 Å². The van der Waals surface area contributed by atoms with Crippen molar-refractivity contribution in [1.29, 1.82) is 0 Å². The molecule has 4 N–H and O–H groups in total. The number of anilines is 2. The summed E-state index contributed by atoms with van der Waals surface area (Å²) in [6.45, 7) is 2.60. The molecule has 1 saturated carbocycles. The van der Waals surface area contributed by atoms with Gasteiger partial charge in [0.05, 0.1) is 17.5 Å². The van der Waals surface area contributed by atoms with Gasteiger partial charge >= 0.3 is 0 Å². The summed E-state index contributed by atoms with van der Waals surface area (Å²) in [6.07, 6.45) is 1.62. The van der Waals surface area contributed by atoms with Crippen molar-refractivity contribution in [1.82, 2.24) is 15.3 Å². The molecule has 2 aromatic heterocycles. The molecule has 1 saturated heterocycles. The summed E-state index contributed by atoms with van der Waals surface area (Å²) in [5, 5.41) is 7.20. The zero-order chi connectivity index (χ0) is 19.4. The number of aryl methyl sites for hydroxylation is 1. The first-order chi connectivity index (χ1) is 13.5. The van der Waals surface area contributed by atoms with Crippen LogP contribution in [0.1, 0.15) is 5.56 Å². The zero-order valence-corrected chi connectivity index (χ0v) is 15.3. The van der Waals surface area contributed by atoms with Gasteiger partial charge in [0.2, 0.25) is 11.8 Å².